The molecule has 0 saturated heterocycles. The zero-order valence-corrected chi connectivity index (χ0v) is 11.2. The number of halogens is 1. The van der Waals surface area contributed by atoms with E-state index in [0.29, 0.717) is 18.1 Å². The van der Waals surface area contributed by atoms with Crippen LogP contribution in [0, 0.1) is 12.7 Å². The maximum Gasteiger partial charge on any atom is 0.376 e. The number of carbonyl (C=O) groups excluding carboxylic acids is 1. The van der Waals surface area contributed by atoms with Crippen LogP contribution in [0.15, 0.2) is 30.3 Å². The van der Waals surface area contributed by atoms with Crippen LogP contribution in [-0.4, -0.2) is 23.0 Å². The standard InChI is InChI=1S/C14H14FN3O2/c1-9-7-12(18-13(17-9)14(19)20-2)16-8-10-3-5-11(15)6-4-10/h3-7H,8H2,1-2H3,(H,16,17,18). The van der Waals surface area contributed by atoms with Crippen LogP contribution < -0.4 is 5.32 Å². The number of nitrogens with one attached hydrogen (secondary N) is 1. The highest BCUT2D eigenvalue weighted by Gasteiger charge is 2.11. The fourth-order valence-corrected chi connectivity index (χ4v) is 1.64. The van der Waals surface area contributed by atoms with Crippen molar-refractivity contribution in [2.45, 2.75) is 13.5 Å². The summed E-state index contributed by atoms with van der Waals surface area (Å²) in [5, 5.41) is 3.06. The first kappa shape index (κ1) is 13.9. The van der Waals surface area contributed by atoms with E-state index in [1.807, 2.05) is 0 Å². The highest BCUT2D eigenvalue weighted by Crippen LogP contribution is 2.10. The smallest absolute Gasteiger partial charge is 0.376 e. The molecular formula is C14H14FN3O2. The first-order valence-electron chi connectivity index (χ1n) is 6.01. The molecule has 0 amide bonds. The molecule has 0 saturated carbocycles. The van der Waals surface area contributed by atoms with Gasteiger partial charge >= 0.3 is 5.97 Å². The van der Waals surface area contributed by atoms with Gasteiger partial charge in [-0.3, -0.25) is 0 Å². The molecule has 1 aromatic heterocycles. The van der Waals surface area contributed by atoms with Crippen LogP contribution in [0.3, 0.4) is 0 Å². The van der Waals surface area contributed by atoms with Crippen molar-refractivity contribution in [3.63, 3.8) is 0 Å². The van der Waals surface area contributed by atoms with Gasteiger partial charge in [0.25, 0.3) is 0 Å². The van der Waals surface area contributed by atoms with Gasteiger partial charge in [-0.25, -0.2) is 19.2 Å². The van der Waals surface area contributed by atoms with Crippen molar-refractivity contribution >= 4 is 11.8 Å². The summed E-state index contributed by atoms with van der Waals surface area (Å²) in [5.41, 5.74) is 1.56. The molecule has 0 spiro atoms. The molecule has 0 bridgehead atoms. The number of hydrogen-bond acceptors (Lipinski definition) is 5. The fraction of sp³-hybridized carbons (Fsp3) is 0.214. The molecule has 1 aromatic carbocycles. The lowest BCUT2D eigenvalue weighted by atomic mass is 10.2. The van der Waals surface area contributed by atoms with Crippen molar-refractivity contribution in [3.05, 3.63) is 53.2 Å². The topological polar surface area (TPSA) is 64.1 Å². The van der Waals surface area contributed by atoms with Gasteiger partial charge in [0.1, 0.15) is 11.6 Å². The van der Waals surface area contributed by atoms with Gasteiger partial charge in [-0.1, -0.05) is 12.1 Å². The molecule has 0 fully saturated rings. The molecule has 5 nitrogen and oxygen atoms in total. The van der Waals surface area contributed by atoms with Gasteiger partial charge in [0.2, 0.25) is 5.82 Å². The van der Waals surface area contributed by atoms with E-state index in [1.54, 1.807) is 25.1 Å². The third kappa shape index (κ3) is 3.50. The molecule has 0 radical (unpaired) electrons. The van der Waals surface area contributed by atoms with Gasteiger partial charge in [-0.2, -0.15) is 0 Å². The second-order valence-electron chi connectivity index (χ2n) is 4.19. The molecule has 1 N–H and O–H groups in total. The Morgan fingerprint density at radius 2 is 2.00 bits per heavy atom. The van der Waals surface area contributed by atoms with Crippen molar-refractivity contribution in [3.8, 4) is 0 Å². The molecule has 6 heteroatoms. The predicted molar refractivity (Wildman–Crippen MR) is 71.8 cm³/mol. The number of aromatic nitrogens is 2. The van der Waals surface area contributed by atoms with Crippen molar-refractivity contribution in [2.24, 2.45) is 0 Å². The number of rotatable bonds is 4. The number of anilines is 1. The molecule has 2 rings (SSSR count). The van der Waals surface area contributed by atoms with E-state index in [0.717, 1.165) is 5.56 Å². The normalized spacial score (nSPS) is 10.2. The first-order chi connectivity index (χ1) is 9.58. The summed E-state index contributed by atoms with van der Waals surface area (Å²) < 4.78 is 17.4. The van der Waals surface area contributed by atoms with Crippen LogP contribution in [0.1, 0.15) is 21.9 Å². The number of ether oxygens (including phenoxy) is 1. The molecule has 0 aliphatic carbocycles. The van der Waals surface area contributed by atoms with Crippen LogP contribution in [0.2, 0.25) is 0 Å². The number of aryl methyl sites for hydroxylation is 1. The molecule has 20 heavy (non-hydrogen) atoms. The van der Waals surface area contributed by atoms with Crippen molar-refractivity contribution < 1.29 is 13.9 Å². The largest absolute Gasteiger partial charge is 0.463 e. The Morgan fingerprint density at radius 1 is 1.30 bits per heavy atom. The minimum Gasteiger partial charge on any atom is -0.463 e. The Morgan fingerprint density at radius 3 is 2.65 bits per heavy atom. The van der Waals surface area contributed by atoms with E-state index in [1.165, 1.54) is 19.2 Å². The molecular weight excluding hydrogens is 261 g/mol. The number of benzene rings is 1. The van der Waals surface area contributed by atoms with Gasteiger partial charge < -0.3 is 10.1 Å². The average molecular weight is 275 g/mol. The summed E-state index contributed by atoms with van der Waals surface area (Å²) in [6.07, 6.45) is 0. The third-order valence-electron chi connectivity index (χ3n) is 2.61. The van der Waals surface area contributed by atoms with E-state index < -0.39 is 5.97 Å². The summed E-state index contributed by atoms with van der Waals surface area (Å²) in [5.74, 6) is -0.338. The van der Waals surface area contributed by atoms with E-state index in [2.05, 4.69) is 20.0 Å². The van der Waals surface area contributed by atoms with Crippen LogP contribution in [0.5, 0.6) is 0 Å². The predicted octanol–water partition coefficient (Wildman–Crippen LogP) is 2.32. The fourth-order valence-electron chi connectivity index (χ4n) is 1.64. The zero-order valence-electron chi connectivity index (χ0n) is 11.2. The number of nitrogens with zero attached hydrogens (tertiary/aromatic N) is 2. The Hall–Kier alpha value is -2.50. The highest BCUT2D eigenvalue weighted by molar-refractivity contribution is 5.85. The zero-order chi connectivity index (χ0) is 14.5. The molecule has 0 aliphatic heterocycles. The average Bonchev–Trinajstić information content (AvgIpc) is 2.45. The molecule has 0 atom stereocenters. The van der Waals surface area contributed by atoms with Gasteiger partial charge in [-0.05, 0) is 24.6 Å². The van der Waals surface area contributed by atoms with Crippen LogP contribution in [-0.2, 0) is 11.3 Å². The van der Waals surface area contributed by atoms with E-state index in [-0.39, 0.29) is 11.6 Å². The van der Waals surface area contributed by atoms with Crippen LogP contribution in [0.4, 0.5) is 10.2 Å². The van der Waals surface area contributed by atoms with Crippen molar-refractivity contribution in [2.75, 3.05) is 12.4 Å². The number of hydrogen-bond donors (Lipinski definition) is 1. The second kappa shape index (κ2) is 6.10. The molecule has 0 aliphatic rings. The number of carbonyl (C=O) groups is 1. The summed E-state index contributed by atoms with van der Waals surface area (Å²) in [4.78, 5) is 19.5. The van der Waals surface area contributed by atoms with Gasteiger partial charge in [0, 0.05) is 18.3 Å². The van der Waals surface area contributed by atoms with Crippen molar-refractivity contribution in [1.29, 1.82) is 0 Å². The Bertz CT molecular complexity index is 614. The summed E-state index contributed by atoms with van der Waals surface area (Å²) >= 11 is 0. The maximum absolute atomic E-state index is 12.8. The minimum absolute atomic E-state index is 0.00843. The summed E-state index contributed by atoms with van der Waals surface area (Å²) in [7, 11) is 1.28. The SMILES string of the molecule is COC(=O)c1nc(C)cc(NCc2ccc(F)cc2)n1. The van der Waals surface area contributed by atoms with Crippen LogP contribution in [0.25, 0.3) is 0 Å². The molecule has 104 valence electrons. The summed E-state index contributed by atoms with van der Waals surface area (Å²) in [6, 6.07) is 7.86. The third-order valence-corrected chi connectivity index (χ3v) is 2.61. The van der Waals surface area contributed by atoms with Gasteiger partial charge in [-0.15, -0.1) is 0 Å². The van der Waals surface area contributed by atoms with Crippen LogP contribution >= 0.6 is 0 Å². The Labute approximate surface area is 115 Å². The lowest BCUT2D eigenvalue weighted by Crippen LogP contribution is -2.11. The maximum atomic E-state index is 12.8. The monoisotopic (exact) mass is 275 g/mol. The lowest BCUT2D eigenvalue weighted by molar-refractivity contribution is 0.0586. The summed E-state index contributed by atoms with van der Waals surface area (Å²) in [6.45, 7) is 2.23. The first-order valence-corrected chi connectivity index (χ1v) is 6.01. The van der Waals surface area contributed by atoms with Crippen molar-refractivity contribution in [1.82, 2.24) is 9.97 Å². The number of esters is 1. The van der Waals surface area contributed by atoms with E-state index in [4.69, 9.17) is 0 Å². The van der Waals surface area contributed by atoms with E-state index >= 15 is 0 Å². The molecule has 0 unspecified atom stereocenters. The lowest BCUT2D eigenvalue weighted by Gasteiger charge is -2.08. The Balaban J connectivity index is 2.11. The molecule has 2 aromatic rings. The van der Waals surface area contributed by atoms with Gasteiger partial charge in [0.15, 0.2) is 0 Å². The quantitative estimate of drug-likeness (QED) is 0.867. The molecule has 1 heterocycles. The second-order valence-corrected chi connectivity index (χ2v) is 4.19. The van der Waals surface area contributed by atoms with E-state index in [9.17, 15) is 9.18 Å². The highest BCUT2D eigenvalue weighted by atomic mass is 19.1. The number of methoxy groups -OCH3 is 1. The Kier molecular flexibility index (Phi) is 4.24. The van der Waals surface area contributed by atoms with Gasteiger partial charge in [0.05, 0.1) is 7.11 Å². The minimum atomic E-state index is -0.585.